The summed E-state index contributed by atoms with van der Waals surface area (Å²) in [7, 11) is 1.64. The third-order valence-electron chi connectivity index (χ3n) is 2.83. The monoisotopic (exact) mass is 280 g/mol. The number of hydrogen-bond acceptors (Lipinski definition) is 3. The first-order chi connectivity index (χ1) is 9.49. The Morgan fingerprint density at radius 3 is 2.75 bits per heavy atom. The molecule has 0 aliphatic heterocycles. The fraction of sp³-hybridized carbons (Fsp3) is 0.231. The van der Waals surface area contributed by atoms with Crippen molar-refractivity contribution in [2.75, 3.05) is 5.73 Å². The number of amides is 1. The molecule has 2 aromatic rings. The Kier molecular flexibility index (Phi) is 3.97. The number of halogens is 2. The Labute approximate surface area is 114 Å². The van der Waals surface area contributed by atoms with Crippen molar-refractivity contribution in [3.8, 4) is 0 Å². The molecule has 5 nitrogen and oxygen atoms in total. The number of aromatic nitrogens is 2. The van der Waals surface area contributed by atoms with E-state index in [1.165, 1.54) is 23.0 Å². The van der Waals surface area contributed by atoms with E-state index >= 15 is 0 Å². The SMILES string of the molecule is Cn1cc(C(=O)NCc2ccccc2C(F)F)c(N)n1. The summed E-state index contributed by atoms with van der Waals surface area (Å²) in [6, 6.07) is 6.07. The molecule has 1 aromatic heterocycles. The molecule has 0 unspecified atom stereocenters. The number of nitrogen functional groups attached to an aromatic ring is 1. The van der Waals surface area contributed by atoms with Gasteiger partial charge in [0, 0.05) is 25.4 Å². The van der Waals surface area contributed by atoms with Gasteiger partial charge in [0.05, 0.1) is 0 Å². The fourth-order valence-corrected chi connectivity index (χ4v) is 1.86. The maximum absolute atomic E-state index is 12.8. The lowest BCUT2D eigenvalue weighted by Gasteiger charge is -2.09. The average Bonchev–Trinajstić information content (AvgIpc) is 2.75. The summed E-state index contributed by atoms with van der Waals surface area (Å²) in [6.45, 7) is 0.00762. The van der Waals surface area contributed by atoms with Crippen LogP contribution in [0.4, 0.5) is 14.6 Å². The van der Waals surface area contributed by atoms with Gasteiger partial charge in [-0.05, 0) is 5.56 Å². The minimum absolute atomic E-state index is 0.00762. The number of hydrogen-bond donors (Lipinski definition) is 2. The van der Waals surface area contributed by atoms with Crippen LogP contribution < -0.4 is 11.1 Å². The van der Waals surface area contributed by atoms with E-state index in [0.717, 1.165) is 0 Å². The van der Waals surface area contributed by atoms with Gasteiger partial charge in [-0.15, -0.1) is 0 Å². The smallest absolute Gasteiger partial charge is 0.264 e. The standard InChI is InChI=1S/C13H14F2N4O/c1-19-7-10(12(16)18-19)13(20)17-6-8-4-2-3-5-9(8)11(14)15/h2-5,7,11H,6H2,1H3,(H2,16,18)(H,17,20). The minimum atomic E-state index is -2.58. The van der Waals surface area contributed by atoms with Crippen LogP contribution in [0.2, 0.25) is 0 Å². The van der Waals surface area contributed by atoms with E-state index in [-0.39, 0.29) is 23.5 Å². The second kappa shape index (κ2) is 5.68. The highest BCUT2D eigenvalue weighted by atomic mass is 19.3. The summed E-state index contributed by atoms with van der Waals surface area (Å²) in [5, 5.41) is 6.41. The first-order valence-corrected chi connectivity index (χ1v) is 5.92. The molecule has 7 heteroatoms. The first kappa shape index (κ1) is 14.0. The van der Waals surface area contributed by atoms with E-state index in [2.05, 4.69) is 10.4 Å². The molecule has 0 bridgehead atoms. The van der Waals surface area contributed by atoms with Gasteiger partial charge >= 0.3 is 0 Å². The van der Waals surface area contributed by atoms with E-state index in [0.29, 0.717) is 5.56 Å². The Bertz CT molecular complexity index is 625. The van der Waals surface area contributed by atoms with Crippen LogP contribution in [0.15, 0.2) is 30.5 Å². The number of benzene rings is 1. The highest BCUT2D eigenvalue weighted by molar-refractivity contribution is 5.98. The molecule has 20 heavy (non-hydrogen) atoms. The quantitative estimate of drug-likeness (QED) is 0.898. The summed E-state index contributed by atoms with van der Waals surface area (Å²) >= 11 is 0. The molecule has 1 heterocycles. The van der Waals surface area contributed by atoms with Gasteiger partial charge in [-0.2, -0.15) is 5.10 Å². The molecule has 2 rings (SSSR count). The van der Waals surface area contributed by atoms with Crippen LogP contribution in [-0.4, -0.2) is 15.7 Å². The molecule has 0 spiro atoms. The largest absolute Gasteiger partial charge is 0.382 e. The number of carbonyl (C=O) groups is 1. The van der Waals surface area contributed by atoms with Crippen LogP contribution in [0.5, 0.6) is 0 Å². The van der Waals surface area contributed by atoms with Gasteiger partial charge < -0.3 is 11.1 Å². The van der Waals surface area contributed by atoms with E-state index in [4.69, 9.17) is 5.73 Å². The lowest BCUT2D eigenvalue weighted by atomic mass is 10.1. The van der Waals surface area contributed by atoms with Gasteiger partial charge in [-0.25, -0.2) is 8.78 Å². The molecule has 0 aliphatic carbocycles. The first-order valence-electron chi connectivity index (χ1n) is 5.92. The van der Waals surface area contributed by atoms with Crippen LogP contribution in [0.3, 0.4) is 0 Å². The molecule has 0 saturated carbocycles. The van der Waals surface area contributed by atoms with Crippen molar-refractivity contribution in [2.45, 2.75) is 13.0 Å². The van der Waals surface area contributed by atoms with Gasteiger partial charge in [-0.1, -0.05) is 24.3 Å². The van der Waals surface area contributed by atoms with Gasteiger partial charge in [-0.3, -0.25) is 9.48 Å². The third-order valence-corrected chi connectivity index (χ3v) is 2.83. The molecule has 0 atom stereocenters. The molecular weight excluding hydrogens is 266 g/mol. The molecule has 1 amide bonds. The molecule has 0 radical (unpaired) electrons. The van der Waals surface area contributed by atoms with E-state index in [1.54, 1.807) is 19.2 Å². The fourth-order valence-electron chi connectivity index (χ4n) is 1.86. The van der Waals surface area contributed by atoms with Crippen LogP contribution in [0.1, 0.15) is 27.9 Å². The number of carbonyl (C=O) groups excluding carboxylic acids is 1. The molecule has 0 aliphatic rings. The van der Waals surface area contributed by atoms with Crippen molar-refractivity contribution in [1.29, 1.82) is 0 Å². The zero-order chi connectivity index (χ0) is 14.7. The molecule has 1 aromatic carbocycles. The second-order valence-electron chi connectivity index (χ2n) is 4.28. The maximum atomic E-state index is 12.8. The third kappa shape index (κ3) is 2.93. The summed E-state index contributed by atoms with van der Waals surface area (Å²) in [5.74, 6) is -0.341. The van der Waals surface area contributed by atoms with Crippen molar-refractivity contribution in [1.82, 2.24) is 15.1 Å². The Balaban J connectivity index is 2.09. The van der Waals surface area contributed by atoms with Crippen molar-refractivity contribution in [3.05, 3.63) is 47.2 Å². The summed E-state index contributed by atoms with van der Waals surface area (Å²) in [6.07, 6.45) is -1.10. The number of alkyl halides is 2. The lowest BCUT2D eigenvalue weighted by molar-refractivity contribution is 0.0950. The summed E-state index contributed by atoms with van der Waals surface area (Å²) in [5.41, 5.74) is 6.08. The van der Waals surface area contributed by atoms with Crippen molar-refractivity contribution >= 4 is 11.7 Å². The van der Waals surface area contributed by atoms with Crippen LogP contribution in [0, 0.1) is 0 Å². The predicted molar refractivity (Wildman–Crippen MR) is 70.2 cm³/mol. The zero-order valence-electron chi connectivity index (χ0n) is 10.8. The Hall–Kier alpha value is -2.44. The number of rotatable bonds is 4. The topological polar surface area (TPSA) is 72.9 Å². The predicted octanol–water partition coefficient (Wildman–Crippen LogP) is 1.87. The van der Waals surface area contributed by atoms with Gasteiger partial charge in [0.2, 0.25) is 0 Å². The zero-order valence-corrected chi connectivity index (χ0v) is 10.8. The average molecular weight is 280 g/mol. The maximum Gasteiger partial charge on any atom is 0.264 e. The number of aryl methyl sites for hydroxylation is 1. The normalized spacial score (nSPS) is 10.8. The van der Waals surface area contributed by atoms with Crippen molar-refractivity contribution in [2.24, 2.45) is 7.05 Å². The molecule has 0 saturated heterocycles. The van der Waals surface area contributed by atoms with Gasteiger partial charge in [0.1, 0.15) is 5.56 Å². The van der Waals surface area contributed by atoms with E-state index in [1.807, 2.05) is 0 Å². The number of nitrogens with one attached hydrogen (secondary N) is 1. The molecule has 3 N–H and O–H groups in total. The lowest BCUT2D eigenvalue weighted by Crippen LogP contribution is -2.24. The number of anilines is 1. The number of nitrogens with zero attached hydrogens (tertiary/aromatic N) is 2. The van der Waals surface area contributed by atoms with Gasteiger partial charge in [0.25, 0.3) is 12.3 Å². The van der Waals surface area contributed by atoms with Gasteiger partial charge in [0.15, 0.2) is 5.82 Å². The Morgan fingerprint density at radius 2 is 2.15 bits per heavy atom. The van der Waals surface area contributed by atoms with Crippen molar-refractivity contribution in [3.63, 3.8) is 0 Å². The highest BCUT2D eigenvalue weighted by Crippen LogP contribution is 2.22. The van der Waals surface area contributed by atoms with Crippen molar-refractivity contribution < 1.29 is 13.6 Å². The second-order valence-corrected chi connectivity index (χ2v) is 4.28. The van der Waals surface area contributed by atoms with E-state index < -0.39 is 12.3 Å². The highest BCUT2D eigenvalue weighted by Gasteiger charge is 2.15. The Morgan fingerprint density at radius 1 is 1.45 bits per heavy atom. The van der Waals surface area contributed by atoms with Crippen LogP contribution in [-0.2, 0) is 13.6 Å². The number of nitrogens with two attached hydrogens (primary N) is 1. The van der Waals surface area contributed by atoms with Crippen LogP contribution in [0.25, 0.3) is 0 Å². The minimum Gasteiger partial charge on any atom is -0.382 e. The summed E-state index contributed by atoms with van der Waals surface area (Å²) < 4.78 is 27.0. The van der Waals surface area contributed by atoms with E-state index in [9.17, 15) is 13.6 Å². The summed E-state index contributed by atoms with van der Waals surface area (Å²) in [4.78, 5) is 11.9. The molecular formula is C13H14F2N4O. The van der Waals surface area contributed by atoms with Crippen LogP contribution >= 0.6 is 0 Å². The molecule has 106 valence electrons. The molecule has 0 fully saturated rings.